The highest BCUT2D eigenvalue weighted by atomic mass is 14.9. The van der Waals surface area contributed by atoms with Crippen LogP contribution in [0.15, 0.2) is 176 Å². The molecule has 258 valence electrons. The molecule has 55 heavy (non-hydrogen) atoms. The number of hydrogen-bond donors (Lipinski definition) is 0. The van der Waals surface area contributed by atoms with E-state index in [1.807, 2.05) is 12.3 Å². The second kappa shape index (κ2) is 12.0. The fourth-order valence-electron chi connectivity index (χ4n) is 8.89. The average molecular weight is 702 g/mol. The van der Waals surface area contributed by atoms with Gasteiger partial charge in [0, 0.05) is 34.5 Å². The second-order valence-electron chi connectivity index (χ2n) is 15.3. The molecule has 10 aromatic rings. The number of nitrogens with zero attached hydrogens (tertiary/aromatic N) is 3. The molecular formula is C52H35N3. The van der Waals surface area contributed by atoms with Gasteiger partial charge in [-0.1, -0.05) is 159 Å². The topological polar surface area (TPSA) is 38.7 Å². The Hall–Kier alpha value is -6.97. The van der Waals surface area contributed by atoms with Crippen LogP contribution in [0.1, 0.15) is 25.0 Å². The summed E-state index contributed by atoms with van der Waals surface area (Å²) in [5.74, 6) is 0.703. The van der Waals surface area contributed by atoms with Crippen LogP contribution in [0.3, 0.4) is 0 Å². The first-order valence-electron chi connectivity index (χ1n) is 18.9. The molecule has 0 spiro atoms. The van der Waals surface area contributed by atoms with Crippen molar-refractivity contribution in [1.82, 2.24) is 15.0 Å². The zero-order chi connectivity index (χ0) is 36.7. The fourth-order valence-corrected chi connectivity index (χ4v) is 8.89. The van der Waals surface area contributed by atoms with Crippen LogP contribution in [0.25, 0.3) is 99.6 Å². The van der Waals surface area contributed by atoms with E-state index in [1.54, 1.807) is 6.20 Å². The summed E-state index contributed by atoms with van der Waals surface area (Å²) in [6.45, 7) is 4.65. The lowest BCUT2D eigenvalue weighted by Crippen LogP contribution is -2.14. The van der Waals surface area contributed by atoms with Crippen LogP contribution in [-0.4, -0.2) is 15.0 Å². The lowest BCUT2D eigenvalue weighted by Gasteiger charge is -2.22. The molecule has 1 aliphatic carbocycles. The first-order chi connectivity index (χ1) is 27.0. The molecule has 11 rings (SSSR count). The molecule has 0 amide bonds. The molecule has 0 bridgehead atoms. The Morgan fingerprint density at radius 1 is 0.400 bits per heavy atom. The second-order valence-corrected chi connectivity index (χ2v) is 15.3. The van der Waals surface area contributed by atoms with Crippen molar-refractivity contribution in [2.24, 2.45) is 0 Å². The van der Waals surface area contributed by atoms with E-state index in [1.165, 1.54) is 65.7 Å². The molecule has 2 heterocycles. The summed E-state index contributed by atoms with van der Waals surface area (Å²) in [5, 5.41) is 7.75. The first-order valence-corrected chi connectivity index (χ1v) is 18.9. The molecule has 0 radical (unpaired) electrons. The van der Waals surface area contributed by atoms with Crippen molar-refractivity contribution in [1.29, 1.82) is 0 Å². The Bertz CT molecular complexity index is 3070. The van der Waals surface area contributed by atoms with Gasteiger partial charge < -0.3 is 0 Å². The molecule has 0 fully saturated rings. The van der Waals surface area contributed by atoms with E-state index in [0.29, 0.717) is 5.82 Å². The summed E-state index contributed by atoms with van der Waals surface area (Å²) in [5.41, 5.74) is 14.7. The average Bonchev–Trinajstić information content (AvgIpc) is 3.48. The Balaban J connectivity index is 1.03. The number of benzene rings is 8. The van der Waals surface area contributed by atoms with Gasteiger partial charge in [-0.05, 0) is 95.0 Å². The Morgan fingerprint density at radius 3 is 1.80 bits per heavy atom. The summed E-state index contributed by atoms with van der Waals surface area (Å²) in [6.07, 6.45) is 3.70. The Labute approximate surface area is 320 Å². The molecule has 0 saturated carbocycles. The maximum Gasteiger partial charge on any atom is 0.160 e. The van der Waals surface area contributed by atoms with Gasteiger partial charge in [-0.2, -0.15) is 0 Å². The fraction of sp³-hybridized carbons (Fsp3) is 0.0577. The van der Waals surface area contributed by atoms with Gasteiger partial charge in [0.05, 0.1) is 11.4 Å². The zero-order valence-corrected chi connectivity index (χ0v) is 30.6. The Kier molecular flexibility index (Phi) is 6.90. The van der Waals surface area contributed by atoms with E-state index in [4.69, 9.17) is 9.97 Å². The highest BCUT2D eigenvalue weighted by Gasteiger charge is 2.35. The van der Waals surface area contributed by atoms with Crippen molar-refractivity contribution in [3.63, 3.8) is 0 Å². The maximum atomic E-state index is 5.28. The Morgan fingerprint density at radius 2 is 1.02 bits per heavy atom. The normalized spacial score (nSPS) is 13.1. The van der Waals surface area contributed by atoms with E-state index >= 15 is 0 Å². The molecule has 3 heteroatoms. The molecule has 0 unspecified atom stereocenters. The third-order valence-electron chi connectivity index (χ3n) is 11.8. The van der Waals surface area contributed by atoms with Crippen molar-refractivity contribution in [2.75, 3.05) is 0 Å². The van der Waals surface area contributed by atoms with Crippen LogP contribution < -0.4 is 0 Å². The quantitative estimate of drug-likeness (QED) is 0.168. The zero-order valence-electron chi connectivity index (χ0n) is 30.6. The van der Waals surface area contributed by atoms with Crippen molar-refractivity contribution >= 4 is 32.3 Å². The van der Waals surface area contributed by atoms with Gasteiger partial charge in [0.2, 0.25) is 0 Å². The number of pyridine rings is 1. The molecule has 8 aromatic carbocycles. The van der Waals surface area contributed by atoms with Crippen LogP contribution in [-0.2, 0) is 5.41 Å². The molecular weight excluding hydrogens is 667 g/mol. The number of fused-ring (bicyclic) bond motifs is 3. The summed E-state index contributed by atoms with van der Waals surface area (Å²) in [7, 11) is 0. The minimum atomic E-state index is -0.107. The summed E-state index contributed by atoms with van der Waals surface area (Å²) < 4.78 is 0. The molecule has 0 saturated heterocycles. The van der Waals surface area contributed by atoms with E-state index < -0.39 is 0 Å². The van der Waals surface area contributed by atoms with E-state index in [0.717, 1.165) is 39.2 Å². The molecule has 2 aromatic heterocycles. The molecule has 3 nitrogen and oxygen atoms in total. The van der Waals surface area contributed by atoms with E-state index in [9.17, 15) is 0 Å². The smallest absolute Gasteiger partial charge is 0.160 e. The van der Waals surface area contributed by atoms with Crippen LogP contribution >= 0.6 is 0 Å². The molecule has 1 aliphatic rings. The van der Waals surface area contributed by atoms with Crippen LogP contribution in [0.4, 0.5) is 0 Å². The van der Waals surface area contributed by atoms with Crippen molar-refractivity contribution < 1.29 is 0 Å². The van der Waals surface area contributed by atoms with E-state index in [2.05, 4.69) is 177 Å². The molecule has 0 aliphatic heterocycles. The van der Waals surface area contributed by atoms with Crippen LogP contribution in [0, 0.1) is 0 Å². The third-order valence-corrected chi connectivity index (χ3v) is 11.8. The molecule has 0 N–H and O–H groups in total. The predicted molar refractivity (Wildman–Crippen MR) is 228 cm³/mol. The third kappa shape index (κ3) is 5.01. The van der Waals surface area contributed by atoms with Gasteiger partial charge in [0.1, 0.15) is 0 Å². The van der Waals surface area contributed by atoms with Crippen molar-refractivity contribution in [3.8, 4) is 67.3 Å². The van der Waals surface area contributed by atoms with Crippen molar-refractivity contribution in [3.05, 3.63) is 187 Å². The van der Waals surface area contributed by atoms with Crippen LogP contribution in [0.2, 0.25) is 0 Å². The minimum Gasteiger partial charge on any atom is -0.264 e. The first kappa shape index (κ1) is 31.5. The number of rotatable bonds is 5. The largest absolute Gasteiger partial charge is 0.264 e. The van der Waals surface area contributed by atoms with Crippen LogP contribution in [0.5, 0.6) is 0 Å². The highest BCUT2D eigenvalue weighted by molar-refractivity contribution is 6.25. The monoisotopic (exact) mass is 701 g/mol. The maximum absolute atomic E-state index is 5.28. The van der Waals surface area contributed by atoms with Gasteiger partial charge in [-0.3, -0.25) is 4.98 Å². The minimum absolute atomic E-state index is 0.107. The molecule has 0 atom stereocenters. The standard InChI is InChI=1S/C52H35N3/c1-52(2)45-11-4-3-10-42(45)43-26-24-39(29-46(43)52)48-30-47(34-16-12-32(13-17-34)40-9-6-28-53-31-40)54-51(55-48)38-20-14-33(15-21-38)41-25-22-37-19-18-35-7-5-8-36-23-27-44(41)50(37)49(35)36/h3-31H,1-2H3. The highest BCUT2D eigenvalue weighted by Crippen LogP contribution is 2.49. The predicted octanol–water partition coefficient (Wildman–Crippen LogP) is 13.4. The summed E-state index contributed by atoms with van der Waals surface area (Å²) in [6, 6.07) is 59.3. The van der Waals surface area contributed by atoms with Gasteiger partial charge in [0.25, 0.3) is 0 Å². The van der Waals surface area contributed by atoms with E-state index in [-0.39, 0.29) is 5.41 Å². The van der Waals surface area contributed by atoms with Gasteiger partial charge in [0.15, 0.2) is 5.82 Å². The van der Waals surface area contributed by atoms with Gasteiger partial charge in [-0.15, -0.1) is 0 Å². The summed E-state index contributed by atoms with van der Waals surface area (Å²) in [4.78, 5) is 14.8. The van der Waals surface area contributed by atoms with Crippen molar-refractivity contribution in [2.45, 2.75) is 19.3 Å². The lowest BCUT2D eigenvalue weighted by molar-refractivity contribution is 0.660. The SMILES string of the molecule is CC1(C)c2ccccc2-c2ccc(-c3cc(-c4ccc(-c5cccnc5)cc4)nc(-c4ccc(-c5ccc6ccc7cccc8ccc5c6c78)cc4)n3)cc21. The van der Waals surface area contributed by atoms with Gasteiger partial charge >= 0.3 is 0 Å². The van der Waals surface area contributed by atoms with Gasteiger partial charge in [-0.25, -0.2) is 9.97 Å². The number of aromatic nitrogens is 3. The lowest BCUT2D eigenvalue weighted by atomic mass is 9.82. The summed E-state index contributed by atoms with van der Waals surface area (Å²) >= 11 is 0. The number of hydrogen-bond acceptors (Lipinski definition) is 3.